The van der Waals surface area contributed by atoms with Gasteiger partial charge in [0.2, 0.25) is 5.91 Å². The molecule has 4 nitrogen and oxygen atoms in total. The molecule has 6 heteroatoms. The van der Waals surface area contributed by atoms with Crippen molar-refractivity contribution < 1.29 is 4.79 Å². The van der Waals surface area contributed by atoms with Gasteiger partial charge in [-0.15, -0.1) is 0 Å². The Morgan fingerprint density at radius 3 is 2.79 bits per heavy atom. The fourth-order valence-corrected chi connectivity index (χ4v) is 3.48. The molecule has 1 atom stereocenters. The zero-order valence-electron chi connectivity index (χ0n) is 13.5. The van der Waals surface area contributed by atoms with Gasteiger partial charge in [0.05, 0.1) is 16.3 Å². The molecule has 1 heterocycles. The number of fused-ring (bicyclic) bond motifs is 1. The molecule has 124 valence electrons. The summed E-state index contributed by atoms with van der Waals surface area (Å²) >= 11 is 7.46. The fourth-order valence-electron chi connectivity index (χ4n) is 2.40. The number of aryl methyl sites for hydroxylation is 1. The smallest absolute Gasteiger partial charge is 0.233 e. The van der Waals surface area contributed by atoms with Gasteiger partial charge in [0.15, 0.2) is 5.16 Å². The normalized spacial score (nSPS) is 12.3. The van der Waals surface area contributed by atoms with Gasteiger partial charge in [-0.2, -0.15) is 0 Å². The van der Waals surface area contributed by atoms with Crippen molar-refractivity contribution in [3.8, 4) is 0 Å². The lowest BCUT2D eigenvalue weighted by Crippen LogP contribution is -2.30. The van der Waals surface area contributed by atoms with Crippen molar-refractivity contribution in [2.75, 3.05) is 0 Å². The van der Waals surface area contributed by atoms with E-state index in [1.807, 2.05) is 67.1 Å². The summed E-state index contributed by atoms with van der Waals surface area (Å²) in [7, 11) is 1.94. The predicted octanol–water partition coefficient (Wildman–Crippen LogP) is 4.02. The first kappa shape index (κ1) is 16.9. The standard InChI is InChI=1S/C18H18ClN3OS/c1-12(17(23)20-11-13-6-4-3-5-7-13)24-18-21-15-10-14(19)8-9-16(15)22(18)2/h3-10,12H,11H2,1-2H3,(H,20,23)/t12-/m0/s1. The molecule has 1 amide bonds. The highest BCUT2D eigenvalue weighted by Crippen LogP contribution is 2.27. The quantitative estimate of drug-likeness (QED) is 0.700. The number of imidazole rings is 1. The minimum absolute atomic E-state index is 0.00561. The van der Waals surface area contributed by atoms with Crippen molar-refractivity contribution >= 4 is 40.3 Å². The summed E-state index contributed by atoms with van der Waals surface area (Å²) in [6.45, 7) is 2.42. The number of rotatable bonds is 5. The molecule has 0 saturated heterocycles. The van der Waals surface area contributed by atoms with Crippen LogP contribution in [0.4, 0.5) is 0 Å². The van der Waals surface area contributed by atoms with Gasteiger partial charge in [0.1, 0.15) is 0 Å². The molecule has 0 aliphatic rings. The molecule has 0 spiro atoms. The molecule has 0 aliphatic heterocycles. The lowest BCUT2D eigenvalue weighted by Gasteiger charge is -2.11. The molecule has 0 radical (unpaired) electrons. The highest BCUT2D eigenvalue weighted by molar-refractivity contribution is 8.00. The van der Waals surface area contributed by atoms with Crippen molar-refractivity contribution in [2.24, 2.45) is 7.05 Å². The second-order valence-corrected chi connectivity index (χ2v) is 7.29. The van der Waals surface area contributed by atoms with Crippen LogP contribution in [0.1, 0.15) is 12.5 Å². The summed E-state index contributed by atoms with van der Waals surface area (Å²) in [5.41, 5.74) is 2.92. The third-order valence-corrected chi connectivity index (χ3v) is 5.14. The molecular formula is C18H18ClN3OS. The number of aromatic nitrogens is 2. The minimum Gasteiger partial charge on any atom is -0.351 e. The Kier molecular flexibility index (Phi) is 5.11. The van der Waals surface area contributed by atoms with Crippen LogP contribution in [0, 0.1) is 0 Å². The third-order valence-electron chi connectivity index (χ3n) is 3.76. The molecule has 3 aromatic rings. The first-order chi connectivity index (χ1) is 11.5. The Labute approximate surface area is 150 Å². The Balaban J connectivity index is 1.66. The van der Waals surface area contributed by atoms with Crippen LogP contribution in [0.15, 0.2) is 53.7 Å². The summed E-state index contributed by atoms with van der Waals surface area (Å²) < 4.78 is 1.98. The molecule has 24 heavy (non-hydrogen) atoms. The van der Waals surface area contributed by atoms with Gasteiger partial charge in [-0.25, -0.2) is 4.98 Å². The lowest BCUT2D eigenvalue weighted by atomic mass is 10.2. The average molecular weight is 360 g/mol. The molecule has 1 N–H and O–H groups in total. The van der Waals surface area contributed by atoms with Gasteiger partial charge in [0.25, 0.3) is 0 Å². The van der Waals surface area contributed by atoms with E-state index in [-0.39, 0.29) is 11.2 Å². The van der Waals surface area contributed by atoms with E-state index in [0.717, 1.165) is 21.8 Å². The summed E-state index contributed by atoms with van der Waals surface area (Å²) in [4.78, 5) is 16.9. The molecule has 0 aliphatic carbocycles. The van der Waals surface area contributed by atoms with Crippen LogP contribution in [0.25, 0.3) is 11.0 Å². The topological polar surface area (TPSA) is 46.9 Å². The van der Waals surface area contributed by atoms with E-state index in [0.29, 0.717) is 11.6 Å². The first-order valence-electron chi connectivity index (χ1n) is 7.65. The van der Waals surface area contributed by atoms with E-state index in [9.17, 15) is 4.79 Å². The average Bonchev–Trinajstić information content (AvgIpc) is 2.88. The largest absolute Gasteiger partial charge is 0.351 e. The zero-order valence-corrected chi connectivity index (χ0v) is 15.1. The number of benzene rings is 2. The maximum absolute atomic E-state index is 12.3. The van der Waals surface area contributed by atoms with Crippen molar-refractivity contribution in [3.05, 3.63) is 59.1 Å². The third kappa shape index (κ3) is 3.74. The second kappa shape index (κ2) is 7.28. The first-order valence-corrected chi connectivity index (χ1v) is 8.90. The molecule has 1 aromatic heterocycles. The number of halogens is 1. The van der Waals surface area contributed by atoms with E-state index in [1.165, 1.54) is 11.8 Å². The molecule has 0 unspecified atom stereocenters. The summed E-state index contributed by atoms with van der Waals surface area (Å²) in [6, 6.07) is 15.5. The van der Waals surface area contributed by atoms with Crippen LogP contribution in [-0.4, -0.2) is 20.7 Å². The van der Waals surface area contributed by atoms with E-state index < -0.39 is 0 Å². The molecule has 0 saturated carbocycles. The Bertz CT molecular complexity index is 863. The zero-order chi connectivity index (χ0) is 17.1. The van der Waals surface area contributed by atoms with E-state index in [2.05, 4.69) is 10.3 Å². The maximum Gasteiger partial charge on any atom is 0.233 e. The van der Waals surface area contributed by atoms with Gasteiger partial charge in [-0.3, -0.25) is 4.79 Å². The second-order valence-electron chi connectivity index (χ2n) is 5.55. The Hall–Kier alpha value is -1.98. The van der Waals surface area contributed by atoms with Crippen LogP contribution in [0.3, 0.4) is 0 Å². The maximum atomic E-state index is 12.3. The van der Waals surface area contributed by atoms with Gasteiger partial charge in [-0.05, 0) is 30.7 Å². The number of carbonyl (C=O) groups excluding carboxylic acids is 1. The Morgan fingerprint density at radius 1 is 1.29 bits per heavy atom. The number of nitrogens with one attached hydrogen (secondary N) is 1. The number of carbonyl (C=O) groups is 1. The SMILES string of the molecule is C[C@H](Sc1nc2cc(Cl)ccc2n1C)C(=O)NCc1ccccc1. The monoisotopic (exact) mass is 359 g/mol. The molecule has 2 aromatic carbocycles. The summed E-state index contributed by atoms with van der Waals surface area (Å²) in [5.74, 6) is -0.00561. The lowest BCUT2D eigenvalue weighted by molar-refractivity contribution is -0.120. The molecular weight excluding hydrogens is 342 g/mol. The number of amides is 1. The van der Waals surface area contributed by atoms with Crippen LogP contribution in [0.5, 0.6) is 0 Å². The van der Waals surface area contributed by atoms with Crippen LogP contribution in [0.2, 0.25) is 5.02 Å². The van der Waals surface area contributed by atoms with Gasteiger partial charge >= 0.3 is 0 Å². The molecule has 0 bridgehead atoms. The van der Waals surface area contributed by atoms with Crippen LogP contribution < -0.4 is 5.32 Å². The van der Waals surface area contributed by atoms with Gasteiger partial charge in [0, 0.05) is 18.6 Å². The predicted molar refractivity (Wildman–Crippen MR) is 99.3 cm³/mol. The van der Waals surface area contributed by atoms with Gasteiger partial charge in [-0.1, -0.05) is 53.7 Å². The number of hydrogen-bond donors (Lipinski definition) is 1. The van der Waals surface area contributed by atoms with Crippen molar-refractivity contribution in [1.29, 1.82) is 0 Å². The highest BCUT2D eigenvalue weighted by atomic mass is 35.5. The van der Waals surface area contributed by atoms with E-state index >= 15 is 0 Å². The number of nitrogens with zero attached hydrogens (tertiary/aromatic N) is 2. The summed E-state index contributed by atoms with van der Waals surface area (Å²) in [6.07, 6.45) is 0. The molecule has 3 rings (SSSR count). The van der Waals surface area contributed by atoms with Crippen molar-refractivity contribution in [1.82, 2.24) is 14.9 Å². The van der Waals surface area contributed by atoms with Crippen molar-refractivity contribution in [3.63, 3.8) is 0 Å². The highest BCUT2D eigenvalue weighted by Gasteiger charge is 2.18. The van der Waals surface area contributed by atoms with E-state index in [4.69, 9.17) is 11.6 Å². The van der Waals surface area contributed by atoms with Gasteiger partial charge < -0.3 is 9.88 Å². The minimum atomic E-state index is -0.236. The van der Waals surface area contributed by atoms with Crippen molar-refractivity contribution in [2.45, 2.75) is 23.9 Å². The van der Waals surface area contributed by atoms with Crippen LogP contribution in [-0.2, 0) is 18.4 Å². The summed E-state index contributed by atoms with van der Waals surface area (Å²) in [5, 5.41) is 4.19. The van der Waals surface area contributed by atoms with Crippen LogP contribution >= 0.6 is 23.4 Å². The number of hydrogen-bond acceptors (Lipinski definition) is 3. The number of thioether (sulfide) groups is 1. The fraction of sp³-hybridized carbons (Fsp3) is 0.222. The molecule has 0 fully saturated rings. The Morgan fingerprint density at radius 2 is 2.04 bits per heavy atom. The van der Waals surface area contributed by atoms with E-state index in [1.54, 1.807) is 0 Å².